The smallest absolute Gasteiger partial charge is 0.352 e. The van der Waals surface area contributed by atoms with Gasteiger partial charge in [0.15, 0.2) is 0 Å². The summed E-state index contributed by atoms with van der Waals surface area (Å²) in [4.78, 5) is 24.9. The van der Waals surface area contributed by atoms with Crippen molar-refractivity contribution in [1.82, 2.24) is 13.6 Å². The lowest BCUT2D eigenvalue weighted by molar-refractivity contribution is 0.414. The average Bonchev–Trinajstić information content (AvgIpc) is 2.84. The minimum Gasteiger partial charge on any atom is -0.497 e. The van der Waals surface area contributed by atoms with Crippen LogP contribution >= 0.6 is 0 Å². The Morgan fingerprint density at radius 1 is 0.654 bits per heavy atom. The summed E-state index contributed by atoms with van der Waals surface area (Å²) in [5, 5.41) is 0. The molecule has 0 aliphatic rings. The molecule has 0 N–H and O–H groups in total. The molecule has 2 heterocycles. The lowest BCUT2D eigenvalue weighted by atomic mass is 10.0. The minimum absolute atomic E-state index is 0.377. The van der Waals surface area contributed by atoms with Crippen LogP contribution in [0.5, 0.6) is 11.5 Å². The molecule has 0 aliphatic heterocycles. The maximum absolute atomic E-state index is 12.5. The normalized spacial score (nSPS) is 11.2. The first-order chi connectivity index (χ1) is 12.6. The van der Waals surface area contributed by atoms with Crippen LogP contribution in [0.1, 0.15) is 0 Å². The molecule has 7 nitrogen and oxygen atoms in total. The Morgan fingerprint density at radius 3 is 1.31 bits per heavy atom. The molecule has 132 valence electrons. The van der Waals surface area contributed by atoms with E-state index in [2.05, 4.69) is 0 Å². The number of methoxy groups -OCH3 is 2. The number of benzene rings is 2. The quantitative estimate of drug-likeness (QED) is 0.563. The zero-order valence-electron chi connectivity index (χ0n) is 14.6. The molecule has 0 spiro atoms. The van der Waals surface area contributed by atoms with Crippen molar-refractivity contribution >= 4 is 0 Å². The Bertz CT molecular complexity index is 1090. The van der Waals surface area contributed by atoms with Gasteiger partial charge >= 0.3 is 11.4 Å². The van der Waals surface area contributed by atoms with Crippen LogP contribution in [0.2, 0.25) is 0 Å². The topological polar surface area (TPSA) is 66.3 Å². The second kappa shape index (κ2) is 5.80. The van der Waals surface area contributed by atoms with Crippen LogP contribution in [0, 0.1) is 0 Å². The highest BCUT2D eigenvalue weighted by Crippen LogP contribution is 2.34. The number of ether oxygens (including phenoxy) is 2. The van der Waals surface area contributed by atoms with E-state index in [-0.39, 0.29) is 11.4 Å². The van der Waals surface area contributed by atoms with Gasteiger partial charge in [0, 0.05) is 18.2 Å². The summed E-state index contributed by atoms with van der Waals surface area (Å²) in [7, 11) is 4.67. The SMILES string of the molecule is COc1ccc(-c2c(-c3ccc(OC)cc3)n3c(=O)n(C)c(=O)n23)cc1. The Hall–Kier alpha value is -3.48. The monoisotopic (exact) mass is 351 g/mol. The van der Waals surface area contributed by atoms with E-state index in [4.69, 9.17) is 9.47 Å². The lowest BCUT2D eigenvalue weighted by Crippen LogP contribution is -2.25. The maximum atomic E-state index is 12.5. The molecule has 26 heavy (non-hydrogen) atoms. The van der Waals surface area contributed by atoms with Gasteiger partial charge in [0.05, 0.1) is 14.2 Å². The van der Waals surface area contributed by atoms with Crippen molar-refractivity contribution in [3.63, 3.8) is 0 Å². The average molecular weight is 351 g/mol. The van der Waals surface area contributed by atoms with E-state index >= 15 is 0 Å². The molecule has 0 aliphatic carbocycles. The molecule has 0 radical (unpaired) electrons. The Morgan fingerprint density at radius 2 is 1.00 bits per heavy atom. The molecule has 7 heteroatoms. The maximum Gasteiger partial charge on any atom is 0.352 e. The van der Waals surface area contributed by atoms with Gasteiger partial charge in [-0.1, -0.05) is 0 Å². The standard InChI is InChI=1S/C19H17N3O4/c1-20-18(23)21-16(12-4-8-14(25-2)9-5-12)17(22(21)19(20)24)13-6-10-15(26-3)11-7-13/h4-11H,1-3H3. The van der Waals surface area contributed by atoms with Crippen molar-refractivity contribution in [3.05, 3.63) is 69.5 Å². The molecule has 0 saturated carbocycles. The van der Waals surface area contributed by atoms with E-state index < -0.39 is 0 Å². The molecule has 0 saturated heterocycles. The van der Waals surface area contributed by atoms with Gasteiger partial charge in [-0.15, -0.1) is 0 Å². The van der Waals surface area contributed by atoms with Gasteiger partial charge in [-0.3, -0.25) is 0 Å². The fourth-order valence-electron chi connectivity index (χ4n) is 3.10. The fourth-order valence-corrected chi connectivity index (χ4v) is 3.10. The largest absolute Gasteiger partial charge is 0.497 e. The zero-order chi connectivity index (χ0) is 18.4. The Kier molecular flexibility index (Phi) is 3.57. The van der Waals surface area contributed by atoms with Gasteiger partial charge in [0.25, 0.3) is 0 Å². The molecular formula is C19H17N3O4. The molecule has 0 atom stereocenters. The highest BCUT2D eigenvalue weighted by molar-refractivity contribution is 5.81. The molecule has 0 bridgehead atoms. The van der Waals surface area contributed by atoms with Crippen LogP contribution in [0.4, 0.5) is 0 Å². The summed E-state index contributed by atoms with van der Waals surface area (Å²) in [5.41, 5.74) is 2.26. The van der Waals surface area contributed by atoms with Crippen LogP contribution < -0.4 is 20.9 Å². The number of hydrogen-bond donors (Lipinski definition) is 0. The van der Waals surface area contributed by atoms with Crippen LogP contribution in [-0.2, 0) is 7.05 Å². The first-order valence-corrected chi connectivity index (χ1v) is 8.01. The number of fused-ring (bicyclic) bond motifs is 1. The molecule has 4 rings (SSSR count). The van der Waals surface area contributed by atoms with E-state index in [1.807, 2.05) is 48.5 Å². The van der Waals surface area contributed by atoms with E-state index in [1.54, 1.807) is 14.2 Å². The molecule has 0 fully saturated rings. The summed E-state index contributed by atoms with van der Waals surface area (Å²) in [6.45, 7) is 0. The summed E-state index contributed by atoms with van der Waals surface area (Å²) in [6, 6.07) is 14.8. The van der Waals surface area contributed by atoms with Gasteiger partial charge in [-0.25, -0.2) is 14.2 Å². The van der Waals surface area contributed by atoms with Crippen molar-refractivity contribution in [2.75, 3.05) is 14.2 Å². The second-order valence-electron chi connectivity index (χ2n) is 5.90. The first kappa shape index (κ1) is 16.0. The molecule has 4 aromatic rings. The minimum atomic E-state index is -0.377. The van der Waals surface area contributed by atoms with Gasteiger partial charge < -0.3 is 9.47 Å². The third-order valence-corrected chi connectivity index (χ3v) is 4.51. The van der Waals surface area contributed by atoms with E-state index in [1.165, 1.54) is 16.1 Å². The highest BCUT2D eigenvalue weighted by atomic mass is 16.5. The zero-order valence-corrected chi connectivity index (χ0v) is 14.6. The fraction of sp³-hybridized carbons (Fsp3) is 0.158. The Labute approximate surface area is 148 Å². The van der Waals surface area contributed by atoms with E-state index in [9.17, 15) is 9.59 Å². The van der Waals surface area contributed by atoms with Crippen LogP contribution in [0.15, 0.2) is 58.1 Å². The van der Waals surface area contributed by atoms with Crippen molar-refractivity contribution < 1.29 is 9.47 Å². The summed E-state index contributed by atoms with van der Waals surface area (Å²) in [6.07, 6.45) is 0. The van der Waals surface area contributed by atoms with E-state index in [0.717, 1.165) is 27.2 Å². The third-order valence-electron chi connectivity index (χ3n) is 4.51. The second-order valence-corrected chi connectivity index (χ2v) is 5.90. The van der Waals surface area contributed by atoms with Gasteiger partial charge in [0.2, 0.25) is 0 Å². The molecule has 2 aromatic carbocycles. The number of nitrogens with zero attached hydrogens (tertiary/aromatic N) is 3. The lowest BCUT2D eigenvalue weighted by Gasteiger charge is -2.19. The first-order valence-electron chi connectivity index (χ1n) is 8.01. The van der Waals surface area contributed by atoms with E-state index in [0.29, 0.717) is 11.4 Å². The Balaban J connectivity index is 1.99. The van der Waals surface area contributed by atoms with Crippen molar-refractivity contribution in [2.45, 2.75) is 0 Å². The number of rotatable bonds is 4. The van der Waals surface area contributed by atoms with Crippen molar-refractivity contribution in [1.29, 1.82) is 0 Å². The van der Waals surface area contributed by atoms with Gasteiger partial charge in [-0.05, 0) is 48.5 Å². The van der Waals surface area contributed by atoms with Gasteiger partial charge in [-0.2, -0.15) is 9.03 Å². The number of aromatic nitrogens is 3. The van der Waals surface area contributed by atoms with Gasteiger partial charge in [0.1, 0.15) is 22.9 Å². The van der Waals surface area contributed by atoms with Crippen LogP contribution in [-0.4, -0.2) is 27.8 Å². The van der Waals surface area contributed by atoms with Crippen LogP contribution in [0.3, 0.4) is 0 Å². The molecule has 0 amide bonds. The predicted molar refractivity (Wildman–Crippen MR) is 97.5 cm³/mol. The third kappa shape index (κ3) is 2.13. The highest BCUT2D eigenvalue weighted by Gasteiger charge is 2.26. The summed E-state index contributed by atoms with van der Waals surface area (Å²) in [5.74, 6) is 1.44. The molecule has 0 unspecified atom stereocenters. The summed E-state index contributed by atoms with van der Waals surface area (Å²) < 4.78 is 14.3. The van der Waals surface area contributed by atoms with Crippen molar-refractivity contribution in [2.24, 2.45) is 7.05 Å². The predicted octanol–water partition coefficient (Wildman–Crippen LogP) is 1.89. The number of hydrogen-bond acceptors (Lipinski definition) is 4. The summed E-state index contributed by atoms with van der Waals surface area (Å²) >= 11 is 0. The van der Waals surface area contributed by atoms with Crippen LogP contribution in [0.25, 0.3) is 22.5 Å². The molecule has 2 aromatic heterocycles. The molecular weight excluding hydrogens is 334 g/mol. The van der Waals surface area contributed by atoms with Crippen molar-refractivity contribution in [3.8, 4) is 34.0 Å².